The molecular formula is C24H33NO. The van der Waals surface area contributed by atoms with Crippen LogP contribution >= 0.6 is 0 Å². The number of ketones is 1. The Labute approximate surface area is 157 Å². The third-order valence-corrected chi connectivity index (χ3v) is 10.3. The quantitative estimate of drug-likeness (QED) is 0.648. The molecule has 0 amide bonds. The van der Waals surface area contributed by atoms with Gasteiger partial charge in [0.1, 0.15) is 0 Å². The van der Waals surface area contributed by atoms with Crippen LogP contribution in [0.1, 0.15) is 58.8 Å². The van der Waals surface area contributed by atoms with E-state index in [4.69, 9.17) is 0 Å². The van der Waals surface area contributed by atoms with E-state index in [0.717, 1.165) is 60.2 Å². The largest absolute Gasteiger partial charge is 0.300 e. The van der Waals surface area contributed by atoms with E-state index in [9.17, 15) is 4.79 Å². The zero-order valence-electron chi connectivity index (χ0n) is 16.6. The van der Waals surface area contributed by atoms with Crippen LogP contribution < -0.4 is 0 Å². The number of fused-ring (bicyclic) bond motifs is 10. The van der Waals surface area contributed by atoms with Crippen LogP contribution in [0, 0.1) is 58.2 Å². The zero-order chi connectivity index (χ0) is 17.8. The summed E-state index contributed by atoms with van der Waals surface area (Å²) < 4.78 is 0. The Morgan fingerprint density at radius 1 is 1.19 bits per heavy atom. The summed E-state index contributed by atoms with van der Waals surface area (Å²) in [5.74, 6) is 7.49. The van der Waals surface area contributed by atoms with E-state index in [2.05, 4.69) is 31.1 Å². The van der Waals surface area contributed by atoms with E-state index in [-0.39, 0.29) is 0 Å². The first-order valence-electron chi connectivity index (χ1n) is 11.2. The molecule has 2 heteroatoms. The SMILES string of the molecule is CC[C@]1(C=NC)[C@H]2C[C@H]2[C@H]2[C@@H]3[C@@H]4C[C@@H]4C4=CC(=O)CC[C@@H]4[C@H]3CC[C@@]21C. The molecule has 0 spiro atoms. The van der Waals surface area contributed by atoms with Gasteiger partial charge in [0.25, 0.3) is 0 Å². The van der Waals surface area contributed by atoms with E-state index in [1.807, 2.05) is 7.05 Å². The molecule has 0 radical (unpaired) electrons. The number of aliphatic imine (C=N–C) groups is 1. The van der Waals surface area contributed by atoms with Gasteiger partial charge in [-0.25, -0.2) is 0 Å². The summed E-state index contributed by atoms with van der Waals surface area (Å²) in [6.45, 7) is 5.07. The molecule has 10 atom stereocenters. The van der Waals surface area contributed by atoms with Gasteiger partial charge in [-0.05, 0) is 97.4 Å². The van der Waals surface area contributed by atoms with Gasteiger partial charge in [0.2, 0.25) is 0 Å². The standard InChI is InChI=1S/C24H33NO/c1-4-24(12-25-3)20-11-19(20)22-21-15(7-8-23(22,24)2)14-6-5-13(26)9-16(14)17-10-18(17)21/h9,12,14-15,17-22H,4-8,10-11H2,1-3H3/t14-,15-,17-,18-,19-,20+,21+,22+,23+,24+/m1/s1. The summed E-state index contributed by atoms with van der Waals surface area (Å²) in [7, 11) is 1.99. The van der Waals surface area contributed by atoms with Crippen LogP contribution in [0.3, 0.4) is 0 Å². The summed E-state index contributed by atoms with van der Waals surface area (Å²) in [6.07, 6.45) is 13.4. The molecule has 0 aromatic rings. The molecule has 0 heterocycles. The summed E-state index contributed by atoms with van der Waals surface area (Å²) in [5, 5.41) is 0. The lowest BCUT2D eigenvalue weighted by atomic mass is 9.46. The summed E-state index contributed by atoms with van der Waals surface area (Å²) in [5.41, 5.74) is 2.43. The fourth-order valence-electron chi connectivity index (χ4n) is 9.43. The van der Waals surface area contributed by atoms with Crippen LogP contribution in [0.2, 0.25) is 0 Å². The van der Waals surface area contributed by atoms with Crippen LogP contribution in [-0.4, -0.2) is 19.0 Å². The molecule has 0 aromatic heterocycles. The maximum Gasteiger partial charge on any atom is 0.155 e. The Morgan fingerprint density at radius 2 is 2.04 bits per heavy atom. The zero-order valence-corrected chi connectivity index (χ0v) is 16.6. The normalized spacial score (nSPS) is 59.0. The van der Waals surface area contributed by atoms with Crippen LogP contribution in [-0.2, 0) is 4.79 Å². The fraction of sp³-hybridized carbons (Fsp3) is 0.833. The van der Waals surface area contributed by atoms with Crippen molar-refractivity contribution in [2.75, 3.05) is 7.05 Å². The molecule has 6 aliphatic carbocycles. The number of carbonyl (C=O) groups excluding carboxylic acids is 1. The average molecular weight is 352 g/mol. The van der Waals surface area contributed by atoms with E-state index in [1.165, 1.54) is 32.1 Å². The van der Waals surface area contributed by atoms with Crippen LogP contribution in [0.5, 0.6) is 0 Å². The van der Waals surface area contributed by atoms with E-state index < -0.39 is 0 Å². The van der Waals surface area contributed by atoms with Gasteiger partial charge in [-0.2, -0.15) is 0 Å². The topological polar surface area (TPSA) is 29.4 Å². The monoisotopic (exact) mass is 351 g/mol. The minimum absolute atomic E-state index is 0.366. The van der Waals surface area contributed by atoms with Gasteiger partial charge >= 0.3 is 0 Å². The van der Waals surface area contributed by atoms with Crippen molar-refractivity contribution in [1.82, 2.24) is 0 Å². The van der Waals surface area contributed by atoms with Crippen molar-refractivity contribution in [1.29, 1.82) is 0 Å². The minimum Gasteiger partial charge on any atom is -0.300 e. The third-order valence-electron chi connectivity index (χ3n) is 10.3. The first kappa shape index (κ1) is 16.1. The number of rotatable bonds is 2. The smallest absolute Gasteiger partial charge is 0.155 e. The van der Waals surface area contributed by atoms with Crippen molar-refractivity contribution in [2.24, 2.45) is 63.2 Å². The maximum absolute atomic E-state index is 12.0. The maximum atomic E-state index is 12.0. The van der Waals surface area contributed by atoms with Gasteiger partial charge in [-0.15, -0.1) is 0 Å². The minimum atomic E-state index is 0.366. The number of allylic oxidation sites excluding steroid dienone is 1. The van der Waals surface area contributed by atoms with Crippen LogP contribution in [0.25, 0.3) is 0 Å². The Balaban J connectivity index is 1.42. The first-order valence-corrected chi connectivity index (χ1v) is 11.2. The second-order valence-corrected chi connectivity index (χ2v) is 10.8. The first-order chi connectivity index (χ1) is 12.6. The molecule has 0 aromatic carbocycles. The van der Waals surface area contributed by atoms with Crippen molar-refractivity contribution >= 4 is 12.0 Å². The van der Waals surface area contributed by atoms with Crippen molar-refractivity contribution < 1.29 is 4.79 Å². The Bertz CT molecular complexity index is 736. The van der Waals surface area contributed by atoms with E-state index in [0.29, 0.717) is 16.6 Å². The summed E-state index contributed by atoms with van der Waals surface area (Å²) in [4.78, 5) is 16.6. The molecule has 6 rings (SSSR count). The number of carbonyl (C=O) groups is 1. The molecular weight excluding hydrogens is 318 g/mol. The Hall–Kier alpha value is -0.920. The lowest BCUT2D eigenvalue weighted by Gasteiger charge is -2.58. The van der Waals surface area contributed by atoms with Crippen LogP contribution in [0.15, 0.2) is 16.6 Å². The molecule has 5 fully saturated rings. The second-order valence-electron chi connectivity index (χ2n) is 10.8. The lowest BCUT2D eigenvalue weighted by molar-refractivity contribution is -0.116. The van der Waals surface area contributed by atoms with Crippen molar-refractivity contribution in [3.63, 3.8) is 0 Å². The second kappa shape index (κ2) is 4.92. The number of hydrogen-bond donors (Lipinski definition) is 0. The summed E-state index contributed by atoms with van der Waals surface area (Å²) in [6, 6.07) is 0. The molecule has 140 valence electrons. The van der Waals surface area contributed by atoms with Gasteiger partial charge in [-0.1, -0.05) is 19.4 Å². The number of nitrogens with zero attached hydrogens (tertiary/aromatic N) is 1. The highest BCUT2D eigenvalue weighted by Crippen LogP contribution is 2.81. The summed E-state index contributed by atoms with van der Waals surface area (Å²) >= 11 is 0. The predicted molar refractivity (Wildman–Crippen MR) is 104 cm³/mol. The molecule has 2 nitrogen and oxygen atoms in total. The van der Waals surface area contributed by atoms with Crippen molar-refractivity contribution in [3.05, 3.63) is 11.6 Å². The molecule has 6 aliphatic rings. The highest BCUT2D eigenvalue weighted by Gasteiger charge is 2.76. The number of hydrogen-bond acceptors (Lipinski definition) is 2. The van der Waals surface area contributed by atoms with Gasteiger partial charge in [0.15, 0.2) is 5.78 Å². The van der Waals surface area contributed by atoms with E-state index >= 15 is 0 Å². The molecule has 0 N–H and O–H groups in total. The van der Waals surface area contributed by atoms with Gasteiger partial charge < -0.3 is 4.99 Å². The fourth-order valence-corrected chi connectivity index (χ4v) is 9.43. The van der Waals surface area contributed by atoms with Crippen molar-refractivity contribution in [2.45, 2.75) is 58.8 Å². The highest BCUT2D eigenvalue weighted by atomic mass is 16.1. The lowest BCUT2D eigenvalue weighted by Crippen LogP contribution is -2.53. The van der Waals surface area contributed by atoms with Gasteiger partial charge in [0, 0.05) is 25.1 Å². The van der Waals surface area contributed by atoms with Crippen molar-refractivity contribution in [3.8, 4) is 0 Å². The molecule has 5 saturated carbocycles. The van der Waals surface area contributed by atoms with E-state index in [1.54, 1.807) is 5.57 Å². The molecule has 0 bridgehead atoms. The van der Waals surface area contributed by atoms with Crippen LogP contribution in [0.4, 0.5) is 0 Å². The Kier molecular flexibility index (Phi) is 3.04. The molecule has 0 unspecified atom stereocenters. The van der Waals surface area contributed by atoms with Gasteiger partial charge in [-0.3, -0.25) is 4.79 Å². The molecule has 26 heavy (non-hydrogen) atoms. The predicted octanol–water partition coefficient (Wildman–Crippen LogP) is 4.94. The van der Waals surface area contributed by atoms with Gasteiger partial charge in [0.05, 0.1) is 0 Å². The highest BCUT2D eigenvalue weighted by molar-refractivity contribution is 5.91. The molecule has 0 saturated heterocycles. The Morgan fingerprint density at radius 3 is 2.81 bits per heavy atom. The third kappa shape index (κ3) is 1.67. The molecule has 0 aliphatic heterocycles. The average Bonchev–Trinajstić information content (AvgIpc) is 3.52.